The highest BCUT2D eigenvalue weighted by Crippen LogP contribution is 2.33. The first-order chi connectivity index (χ1) is 12.5. The van der Waals surface area contributed by atoms with E-state index < -0.39 is 6.04 Å². The van der Waals surface area contributed by atoms with Crippen molar-refractivity contribution in [3.63, 3.8) is 0 Å². The van der Waals surface area contributed by atoms with E-state index in [4.69, 9.17) is 0 Å². The van der Waals surface area contributed by atoms with Crippen molar-refractivity contribution in [1.29, 1.82) is 0 Å². The number of hydrogen-bond donors (Lipinski definition) is 0. The van der Waals surface area contributed by atoms with Crippen molar-refractivity contribution >= 4 is 11.8 Å². The van der Waals surface area contributed by atoms with Crippen molar-refractivity contribution < 1.29 is 14.0 Å². The SMILES string of the molecule is CC[C@H](C)N1C(=O)CN(C2CCCCCC2)C(=O)[C@H]1c1ccc(F)cc1. The van der Waals surface area contributed by atoms with Crippen LogP contribution in [-0.2, 0) is 9.59 Å². The summed E-state index contributed by atoms with van der Waals surface area (Å²) in [6.07, 6.45) is 7.34. The Bertz CT molecular complexity index is 638. The van der Waals surface area contributed by atoms with Gasteiger partial charge in [0.25, 0.3) is 5.91 Å². The van der Waals surface area contributed by atoms with Gasteiger partial charge in [0.2, 0.25) is 5.91 Å². The van der Waals surface area contributed by atoms with Gasteiger partial charge in [0.05, 0.1) is 0 Å². The summed E-state index contributed by atoms with van der Waals surface area (Å²) in [6.45, 7) is 4.16. The van der Waals surface area contributed by atoms with Gasteiger partial charge in [-0.1, -0.05) is 44.7 Å². The topological polar surface area (TPSA) is 40.6 Å². The number of amides is 2. The minimum Gasteiger partial charge on any atom is -0.328 e. The van der Waals surface area contributed by atoms with E-state index in [2.05, 4.69) is 0 Å². The molecule has 2 amide bonds. The molecule has 2 fully saturated rings. The highest BCUT2D eigenvalue weighted by atomic mass is 19.1. The molecule has 1 heterocycles. The van der Waals surface area contributed by atoms with E-state index >= 15 is 0 Å². The fourth-order valence-electron chi connectivity index (χ4n) is 4.25. The zero-order valence-corrected chi connectivity index (χ0v) is 15.8. The van der Waals surface area contributed by atoms with Crippen molar-refractivity contribution in [3.05, 3.63) is 35.6 Å². The summed E-state index contributed by atoms with van der Waals surface area (Å²) in [7, 11) is 0. The lowest BCUT2D eigenvalue weighted by molar-refractivity contribution is -0.161. The van der Waals surface area contributed by atoms with Gasteiger partial charge in [0.1, 0.15) is 18.4 Å². The molecule has 1 aliphatic carbocycles. The number of benzene rings is 1. The summed E-state index contributed by atoms with van der Waals surface area (Å²) in [5, 5.41) is 0. The zero-order chi connectivity index (χ0) is 18.7. The monoisotopic (exact) mass is 360 g/mol. The summed E-state index contributed by atoms with van der Waals surface area (Å²) in [5.41, 5.74) is 0.698. The summed E-state index contributed by atoms with van der Waals surface area (Å²) in [4.78, 5) is 29.9. The molecule has 0 aromatic heterocycles. The van der Waals surface area contributed by atoms with Crippen LogP contribution in [0.4, 0.5) is 4.39 Å². The Morgan fingerprint density at radius 2 is 1.69 bits per heavy atom. The first-order valence-electron chi connectivity index (χ1n) is 9.90. The number of halogens is 1. The Morgan fingerprint density at radius 1 is 1.08 bits per heavy atom. The lowest BCUT2D eigenvalue weighted by Crippen LogP contribution is -2.60. The second-order valence-electron chi connectivity index (χ2n) is 7.62. The average molecular weight is 360 g/mol. The maximum Gasteiger partial charge on any atom is 0.250 e. The fourth-order valence-corrected chi connectivity index (χ4v) is 4.25. The summed E-state index contributed by atoms with van der Waals surface area (Å²) >= 11 is 0. The van der Waals surface area contributed by atoms with Crippen LogP contribution in [-0.4, -0.2) is 40.2 Å². The van der Waals surface area contributed by atoms with Crippen LogP contribution in [0.2, 0.25) is 0 Å². The maximum absolute atomic E-state index is 13.4. The predicted molar refractivity (Wildman–Crippen MR) is 98.9 cm³/mol. The third kappa shape index (κ3) is 3.76. The van der Waals surface area contributed by atoms with Crippen LogP contribution in [0.15, 0.2) is 24.3 Å². The molecule has 2 atom stereocenters. The van der Waals surface area contributed by atoms with Crippen LogP contribution in [0, 0.1) is 5.82 Å². The largest absolute Gasteiger partial charge is 0.328 e. The smallest absolute Gasteiger partial charge is 0.250 e. The molecule has 1 aromatic carbocycles. The number of carbonyl (C=O) groups is 2. The van der Waals surface area contributed by atoms with Gasteiger partial charge in [-0.2, -0.15) is 0 Å². The van der Waals surface area contributed by atoms with Crippen LogP contribution in [0.5, 0.6) is 0 Å². The zero-order valence-electron chi connectivity index (χ0n) is 15.8. The Kier molecular flexibility index (Phi) is 5.94. The summed E-state index contributed by atoms with van der Waals surface area (Å²) < 4.78 is 13.4. The van der Waals surface area contributed by atoms with Gasteiger partial charge in [-0.3, -0.25) is 9.59 Å². The molecule has 3 rings (SSSR count). The number of nitrogens with zero attached hydrogens (tertiary/aromatic N) is 2. The van der Waals surface area contributed by atoms with Crippen molar-refractivity contribution in [2.75, 3.05) is 6.54 Å². The molecule has 1 aromatic rings. The summed E-state index contributed by atoms with van der Waals surface area (Å²) in [5.74, 6) is -0.347. The molecule has 142 valence electrons. The van der Waals surface area contributed by atoms with Crippen LogP contribution in [0.3, 0.4) is 0 Å². The molecular formula is C21H29FN2O2. The van der Waals surface area contributed by atoms with Gasteiger partial charge in [-0.25, -0.2) is 4.39 Å². The average Bonchev–Trinajstić information content (AvgIpc) is 2.92. The van der Waals surface area contributed by atoms with Crippen molar-refractivity contribution in [2.24, 2.45) is 0 Å². The molecule has 0 spiro atoms. The van der Waals surface area contributed by atoms with E-state index in [-0.39, 0.29) is 36.3 Å². The maximum atomic E-state index is 13.4. The molecule has 0 radical (unpaired) electrons. The molecule has 0 bridgehead atoms. The van der Waals surface area contributed by atoms with Crippen molar-refractivity contribution in [2.45, 2.75) is 76.9 Å². The Morgan fingerprint density at radius 3 is 2.27 bits per heavy atom. The molecule has 4 nitrogen and oxygen atoms in total. The van der Waals surface area contributed by atoms with E-state index in [9.17, 15) is 14.0 Å². The Hall–Kier alpha value is -1.91. The highest BCUT2D eigenvalue weighted by molar-refractivity contribution is 5.96. The minimum atomic E-state index is -0.643. The van der Waals surface area contributed by atoms with Crippen molar-refractivity contribution in [1.82, 2.24) is 9.80 Å². The van der Waals surface area contributed by atoms with Gasteiger partial charge in [0, 0.05) is 12.1 Å². The summed E-state index contributed by atoms with van der Waals surface area (Å²) in [6, 6.07) is 5.48. The van der Waals surface area contributed by atoms with E-state index in [0.29, 0.717) is 5.56 Å². The second kappa shape index (κ2) is 8.19. The normalized spacial score (nSPS) is 23.9. The van der Waals surface area contributed by atoms with Crippen LogP contribution in [0.25, 0.3) is 0 Å². The Labute approximate surface area is 155 Å². The number of rotatable bonds is 4. The molecular weight excluding hydrogens is 331 g/mol. The first-order valence-corrected chi connectivity index (χ1v) is 9.90. The van der Waals surface area contributed by atoms with Crippen LogP contribution < -0.4 is 0 Å². The number of carbonyl (C=O) groups excluding carboxylic acids is 2. The lowest BCUT2D eigenvalue weighted by Gasteiger charge is -2.45. The van der Waals surface area contributed by atoms with Crippen LogP contribution >= 0.6 is 0 Å². The Balaban J connectivity index is 1.94. The van der Waals surface area contributed by atoms with Gasteiger partial charge in [0.15, 0.2) is 0 Å². The quantitative estimate of drug-likeness (QED) is 0.760. The lowest BCUT2D eigenvalue weighted by atomic mass is 9.95. The van der Waals surface area contributed by atoms with Gasteiger partial charge in [-0.05, 0) is 43.9 Å². The third-order valence-corrected chi connectivity index (χ3v) is 5.91. The van der Waals surface area contributed by atoms with E-state index in [1.807, 2.05) is 13.8 Å². The van der Waals surface area contributed by atoms with Gasteiger partial charge < -0.3 is 9.80 Å². The van der Waals surface area contributed by atoms with Gasteiger partial charge >= 0.3 is 0 Å². The molecule has 0 N–H and O–H groups in total. The molecule has 1 aliphatic heterocycles. The minimum absolute atomic E-state index is 0.00229. The number of hydrogen-bond acceptors (Lipinski definition) is 2. The molecule has 5 heteroatoms. The second-order valence-corrected chi connectivity index (χ2v) is 7.62. The standard InChI is InChI=1S/C21H29FN2O2/c1-3-15(2)24-19(25)14-23(18-8-6-4-5-7-9-18)21(26)20(24)16-10-12-17(22)13-11-16/h10-13,15,18,20H,3-9,14H2,1-2H3/t15-,20+/m0/s1. The van der Waals surface area contributed by atoms with Gasteiger partial charge in [-0.15, -0.1) is 0 Å². The number of piperazine rings is 1. The highest BCUT2D eigenvalue weighted by Gasteiger charge is 2.44. The third-order valence-electron chi connectivity index (χ3n) is 5.91. The van der Waals surface area contributed by atoms with Crippen molar-refractivity contribution in [3.8, 4) is 0 Å². The first kappa shape index (κ1) is 18.9. The van der Waals surface area contributed by atoms with Crippen LogP contribution in [0.1, 0.15) is 70.4 Å². The van der Waals surface area contributed by atoms with E-state index in [1.54, 1.807) is 21.9 Å². The molecule has 26 heavy (non-hydrogen) atoms. The molecule has 2 aliphatic rings. The fraction of sp³-hybridized carbons (Fsp3) is 0.619. The predicted octanol–water partition coefficient (Wildman–Crippen LogP) is 4.06. The van der Waals surface area contributed by atoms with E-state index in [0.717, 1.165) is 32.1 Å². The molecule has 1 saturated carbocycles. The van der Waals surface area contributed by atoms with E-state index in [1.165, 1.54) is 25.0 Å². The molecule has 1 saturated heterocycles. The molecule has 0 unspecified atom stereocenters.